The van der Waals surface area contributed by atoms with E-state index in [1.807, 2.05) is 20.8 Å². The van der Waals surface area contributed by atoms with Crippen molar-refractivity contribution in [2.24, 2.45) is 10.9 Å². The Labute approximate surface area is 145 Å². The van der Waals surface area contributed by atoms with Crippen molar-refractivity contribution < 1.29 is 4.39 Å². The molecular weight excluding hydrogens is 301 g/mol. The van der Waals surface area contributed by atoms with E-state index in [0.29, 0.717) is 12.1 Å². The molecule has 1 rings (SSSR count). The fourth-order valence-electron chi connectivity index (χ4n) is 2.73. The molecule has 0 amide bonds. The van der Waals surface area contributed by atoms with Gasteiger partial charge in [0.2, 0.25) is 0 Å². The molecule has 1 aromatic rings. The molecule has 0 aliphatic rings. The Kier molecular flexibility index (Phi) is 8.51. The van der Waals surface area contributed by atoms with Crippen molar-refractivity contribution >= 4 is 12.4 Å². The highest BCUT2D eigenvalue weighted by molar-refractivity contribution is 5.52. The molecule has 0 aromatic carbocycles. The summed E-state index contributed by atoms with van der Waals surface area (Å²) >= 11 is 0. The molecule has 132 valence electrons. The van der Waals surface area contributed by atoms with Gasteiger partial charge in [0.1, 0.15) is 12.0 Å². The highest BCUT2D eigenvalue weighted by atomic mass is 19.1. The number of aliphatic imine (C=N–C) groups is 1. The Morgan fingerprint density at radius 3 is 2.67 bits per heavy atom. The highest BCUT2D eigenvalue weighted by Gasteiger charge is 2.19. The molecule has 0 radical (unpaired) electrons. The van der Waals surface area contributed by atoms with E-state index in [-0.39, 0.29) is 17.7 Å². The van der Waals surface area contributed by atoms with Crippen LogP contribution in [0.1, 0.15) is 70.7 Å². The van der Waals surface area contributed by atoms with Crippen LogP contribution in [0.15, 0.2) is 34.9 Å². The molecule has 4 heteroatoms. The lowest BCUT2D eigenvalue weighted by molar-refractivity contribution is 0.528. The lowest BCUT2D eigenvalue weighted by Crippen LogP contribution is -2.08. The minimum atomic E-state index is -0.0613. The summed E-state index contributed by atoms with van der Waals surface area (Å²) < 4.78 is 14.2. The van der Waals surface area contributed by atoms with Gasteiger partial charge in [-0.05, 0) is 45.4 Å². The number of hydrogen-bond donors (Lipinski definition) is 0. The van der Waals surface area contributed by atoms with Crippen LogP contribution in [0.2, 0.25) is 0 Å². The Bertz CT molecular complexity index is 605. The number of hydrogen-bond acceptors (Lipinski definition) is 3. The average molecular weight is 331 g/mol. The van der Waals surface area contributed by atoms with Crippen LogP contribution in [0, 0.1) is 12.8 Å². The molecule has 0 saturated carbocycles. The molecule has 0 aliphatic heterocycles. The fourth-order valence-corrected chi connectivity index (χ4v) is 2.73. The minimum absolute atomic E-state index is 0.0283. The molecule has 0 spiro atoms. The first-order valence-electron chi connectivity index (χ1n) is 8.70. The molecule has 0 aliphatic carbocycles. The molecule has 1 aromatic heterocycles. The van der Waals surface area contributed by atoms with Gasteiger partial charge in [0.05, 0.1) is 17.2 Å². The third kappa shape index (κ3) is 5.99. The molecule has 0 N–H and O–H groups in total. The number of nitrogens with zero attached hydrogens (tertiary/aromatic N) is 3. The summed E-state index contributed by atoms with van der Waals surface area (Å²) in [4.78, 5) is 12.5. The maximum absolute atomic E-state index is 14.2. The Balaban J connectivity index is 2.75. The zero-order valence-corrected chi connectivity index (χ0v) is 15.6. The first-order valence-corrected chi connectivity index (χ1v) is 8.70. The average Bonchev–Trinajstić information content (AvgIpc) is 2.54. The molecule has 2 atom stereocenters. The van der Waals surface area contributed by atoms with E-state index in [0.717, 1.165) is 30.7 Å². The maximum Gasteiger partial charge on any atom is 0.116 e. The van der Waals surface area contributed by atoms with Crippen LogP contribution >= 0.6 is 0 Å². The first-order chi connectivity index (χ1) is 11.4. The van der Waals surface area contributed by atoms with Crippen LogP contribution in [0.5, 0.6) is 0 Å². The summed E-state index contributed by atoms with van der Waals surface area (Å²) in [6.45, 7) is 13.8. The molecular formula is C20H30FN3. The van der Waals surface area contributed by atoms with Crippen LogP contribution in [-0.2, 0) is 0 Å². The van der Waals surface area contributed by atoms with Gasteiger partial charge in [-0.2, -0.15) is 0 Å². The summed E-state index contributed by atoms with van der Waals surface area (Å²) in [5, 5.41) is 0. The normalized spacial score (nSPS) is 15.2. The van der Waals surface area contributed by atoms with Crippen molar-refractivity contribution in [3.63, 3.8) is 0 Å². The quantitative estimate of drug-likeness (QED) is 0.397. The Morgan fingerprint density at radius 2 is 2.04 bits per heavy atom. The summed E-state index contributed by atoms with van der Waals surface area (Å²) in [6.07, 6.45) is 8.80. The topological polar surface area (TPSA) is 38.1 Å². The molecule has 0 bridgehead atoms. The first kappa shape index (κ1) is 20.2. The Hall–Kier alpha value is -1.84. The highest BCUT2D eigenvalue weighted by Crippen LogP contribution is 2.32. The van der Waals surface area contributed by atoms with Crippen molar-refractivity contribution in [1.29, 1.82) is 0 Å². The van der Waals surface area contributed by atoms with E-state index < -0.39 is 0 Å². The van der Waals surface area contributed by atoms with E-state index >= 15 is 0 Å². The van der Waals surface area contributed by atoms with E-state index in [2.05, 4.69) is 41.6 Å². The van der Waals surface area contributed by atoms with Crippen molar-refractivity contribution in [1.82, 2.24) is 9.97 Å². The van der Waals surface area contributed by atoms with Gasteiger partial charge >= 0.3 is 0 Å². The summed E-state index contributed by atoms with van der Waals surface area (Å²) in [7, 11) is 0. The van der Waals surface area contributed by atoms with E-state index in [1.165, 1.54) is 11.9 Å². The smallest absolute Gasteiger partial charge is 0.116 e. The van der Waals surface area contributed by atoms with Gasteiger partial charge in [-0.3, -0.25) is 4.99 Å². The third-order valence-electron chi connectivity index (χ3n) is 4.38. The van der Waals surface area contributed by atoms with Crippen molar-refractivity contribution in [3.05, 3.63) is 41.3 Å². The number of aryl methyl sites for hydroxylation is 1. The maximum atomic E-state index is 14.2. The van der Waals surface area contributed by atoms with E-state index in [9.17, 15) is 4.39 Å². The molecule has 1 heterocycles. The Morgan fingerprint density at radius 1 is 1.33 bits per heavy atom. The molecule has 0 saturated heterocycles. The fraction of sp³-hybridized carbons (Fsp3) is 0.550. The van der Waals surface area contributed by atoms with Gasteiger partial charge in [0, 0.05) is 12.3 Å². The van der Waals surface area contributed by atoms with Crippen molar-refractivity contribution in [3.8, 4) is 0 Å². The number of halogens is 1. The van der Waals surface area contributed by atoms with Crippen LogP contribution in [0.3, 0.4) is 0 Å². The van der Waals surface area contributed by atoms with Gasteiger partial charge < -0.3 is 0 Å². The van der Waals surface area contributed by atoms with E-state index in [4.69, 9.17) is 0 Å². The second-order valence-electron chi connectivity index (χ2n) is 6.45. The monoisotopic (exact) mass is 331 g/mol. The van der Waals surface area contributed by atoms with Crippen LogP contribution < -0.4 is 0 Å². The number of aromatic nitrogens is 2. The van der Waals surface area contributed by atoms with E-state index in [1.54, 1.807) is 6.08 Å². The molecule has 2 unspecified atom stereocenters. The molecule has 0 fully saturated rings. The predicted octanol–water partition coefficient (Wildman–Crippen LogP) is 6.24. The second kappa shape index (κ2) is 10.1. The third-order valence-corrected chi connectivity index (χ3v) is 4.38. The molecule has 24 heavy (non-hydrogen) atoms. The van der Waals surface area contributed by atoms with Crippen molar-refractivity contribution in [2.75, 3.05) is 0 Å². The van der Waals surface area contributed by atoms with Crippen LogP contribution in [-0.4, -0.2) is 16.7 Å². The van der Waals surface area contributed by atoms with Gasteiger partial charge in [0.15, 0.2) is 0 Å². The van der Waals surface area contributed by atoms with Crippen LogP contribution in [0.25, 0.3) is 0 Å². The summed E-state index contributed by atoms with van der Waals surface area (Å²) in [5.41, 5.74) is 3.68. The summed E-state index contributed by atoms with van der Waals surface area (Å²) in [5.74, 6) is 0.0182. The largest absolute Gasteiger partial charge is 0.261 e. The number of allylic oxidation sites excluding steroid dienone is 4. The predicted molar refractivity (Wildman–Crippen MR) is 101 cm³/mol. The van der Waals surface area contributed by atoms with Gasteiger partial charge in [-0.25, -0.2) is 14.4 Å². The zero-order chi connectivity index (χ0) is 18.1. The van der Waals surface area contributed by atoms with Crippen molar-refractivity contribution in [2.45, 2.75) is 66.2 Å². The SMILES string of the molecule is C=Nc1c(C)ncnc1C(C)C(C)/C=C(\F)CC/C=C(\C)CCC. The lowest BCUT2D eigenvalue weighted by Gasteiger charge is -2.18. The second-order valence-corrected chi connectivity index (χ2v) is 6.45. The standard InChI is InChI=1S/C20H30FN3/c1-7-9-14(2)10-8-11-18(21)12-15(3)16(4)19-20(22-6)17(5)23-13-24-19/h10,12-13,15-16H,6-9,11H2,1-5H3/b14-10+,18-12-. The molecule has 3 nitrogen and oxygen atoms in total. The van der Waals surface area contributed by atoms with Gasteiger partial charge in [-0.1, -0.05) is 38.8 Å². The lowest BCUT2D eigenvalue weighted by atomic mass is 9.90. The van der Waals surface area contributed by atoms with Gasteiger partial charge in [0.25, 0.3) is 0 Å². The van der Waals surface area contributed by atoms with Crippen LogP contribution in [0.4, 0.5) is 10.1 Å². The number of rotatable bonds is 9. The summed E-state index contributed by atoms with van der Waals surface area (Å²) in [6, 6.07) is 0. The minimum Gasteiger partial charge on any atom is -0.261 e. The zero-order valence-electron chi connectivity index (χ0n) is 15.6. The van der Waals surface area contributed by atoms with Gasteiger partial charge in [-0.15, -0.1) is 0 Å².